The third-order valence-electron chi connectivity index (χ3n) is 3.07. The van der Waals surface area contributed by atoms with E-state index >= 15 is 0 Å². The molecule has 0 aliphatic rings. The lowest BCUT2D eigenvalue weighted by molar-refractivity contribution is -0.144. The summed E-state index contributed by atoms with van der Waals surface area (Å²) in [7, 11) is 0. The number of halogens is 1. The van der Waals surface area contributed by atoms with Crippen LogP contribution in [0.1, 0.15) is 30.6 Å². The average molecular weight is 327 g/mol. The van der Waals surface area contributed by atoms with Crippen LogP contribution in [-0.4, -0.2) is 30.4 Å². The van der Waals surface area contributed by atoms with Crippen LogP contribution in [0.15, 0.2) is 24.3 Å². The molecule has 1 aromatic rings. The molecule has 0 saturated heterocycles. The van der Waals surface area contributed by atoms with Crippen molar-refractivity contribution < 1.29 is 19.1 Å². The van der Waals surface area contributed by atoms with Gasteiger partial charge in [0.15, 0.2) is 0 Å². The Labute approximate surface area is 134 Å². The second kappa shape index (κ2) is 8.38. The molecule has 0 aliphatic heterocycles. The van der Waals surface area contributed by atoms with Gasteiger partial charge >= 0.3 is 5.97 Å². The van der Waals surface area contributed by atoms with Crippen LogP contribution in [0.5, 0.6) is 0 Å². The summed E-state index contributed by atoms with van der Waals surface area (Å²) >= 11 is 5.94. The summed E-state index contributed by atoms with van der Waals surface area (Å²) in [6, 6.07) is 5.45. The molecule has 1 aromatic carbocycles. The molecule has 0 aliphatic carbocycles. The van der Waals surface area contributed by atoms with Gasteiger partial charge in [0, 0.05) is 0 Å². The molecular formula is C15H19ClN2O4. The van der Waals surface area contributed by atoms with Crippen molar-refractivity contribution in [2.24, 2.45) is 11.7 Å². The number of rotatable bonds is 7. The predicted molar refractivity (Wildman–Crippen MR) is 82.3 cm³/mol. The zero-order valence-corrected chi connectivity index (χ0v) is 13.2. The van der Waals surface area contributed by atoms with Crippen molar-refractivity contribution in [2.75, 3.05) is 6.61 Å². The fourth-order valence-corrected chi connectivity index (χ4v) is 2.18. The van der Waals surface area contributed by atoms with Crippen LogP contribution in [0.4, 0.5) is 0 Å². The summed E-state index contributed by atoms with van der Waals surface area (Å²) in [5.74, 6) is -2.20. The van der Waals surface area contributed by atoms with Gasteiger partial charge in [0.1, 0.15) is 6.04 Å². The number of amides is 2. The van der Waals surface area contributed by atoms with Crippen molar-refractivity contribution in [2.45, 2.75) is 26.3 Å². The maximum atomic E-state index is 12.2. The molecule has 7 heteroatoms. The molecule has 0 bridgehead atoms. The van der Waals surface area contributed by atoms with Crippen LogP contribution in [0, 0.1) is 5.92 Å². The molecule has 1 rings (SSSR count). The molecule has 0 fully saturated rings. The highest BCUT2D eigenvalue weighted by molar-refractivity contribution is 6.33. The Kier molecular flexibility index (Phi) is 6.85. The number of hydrogen-bond donors (Lipinski definition) is 2. The van der Waals surface area contributed by atoms with Gasteiger partial charge in [0.25, 0.3) is 5.91 Å². The van der Waals surface area contributed by atoms with Crippen molar-refractivity contribution in [3.05, 3.63) is 34.9 Å². The van der Waals surface area contributed by atoms with Gasteiger partial charge in [-0.25, -0.2) is 0 Å². The van der Waals surface area contributed by atoms with E-state index in [0.29, 0.717) is 0 Å². The van der Waals surface area contributed by atoms with Crippen LogP contribution >= 0.6 is 11.6 Å². The second-order valence-electron chi connectivity index (χ2n) is 4.82. The minimum absolute atomic E-state index is 0.0236. The van der Waals surface area contributed by atoms with Crippen molar-refractivity contribution in [1.29, 1.82) is 0 Å². The molecule has 2 atom stereocenters. The van der Waals surface area contributed by atoms with E-state index in [4.69, 9.17) is 22.1 Å². The number of esters is 1. The van der Waals surface area contributed by atoms with Gasteiger partial charge in [0.2, 0.25) is 5.91 Å². The van der Waals surface area contributed by atoms with Crippen molar-refractivity contribution in [1.82, 2.24) is 5.32 Å². The van der Waals surface area contributed by atoms with E-state index in [0.717, 1.165) is 0 Å². The van der Waals surface area contributed by atoms with Crippen LogP contribution in [0.3, 0.4) is 0 Å². The third-order valence-corrected chi connectivity index (χ3v) is 3.40. The Hall–Kier alpha value is -2.08. The van der Waals surface area contributed by atoms with Crippen LogP contribution in [0.25, 0.3) is 0 Å². The molecule has 22 heavy (non-hydrogen) atoms. The van der Waals surface area contributed by atoms with E-state index in [1.54, 1.807) is 32.0 Å². The molecular weight excluding hydrogens is 308 g/mol. The zero-order chi connectivity index (χ0) is 16.7. The first-order valence-corrected chi connectivity index (χ1v) is 7.25. The van der Waals surface area contributed by atoms with E-state index in [1.807, 2.05) is 0 Å². The number of primary amides is 1. The summed E-state index contributed by atoms with van der Waals surface area (Å²) < 4.78 is 4.83. The Morgan fingerprint density at radius 3 is 2.50 bits per heavy atom. The van der Waals surface area contributed by atoms with Gasteiger partial charge in [-0.3, -0.25) is 14.4 Å². The normalized spacial score (nSPS) is 13.0. The number of nitrogens with one attached hydrogen (secondary N) is 1. The highest BCUT2D eigenvalue weighted by Gasteiger charge is 2.28. The molecule has 3 N–H and O–H groups in total. The number of carbonyl (C=O) groups excluding carboxylic acids is 3. The predicted octanol–water partition coefficient (Wildman–Crippen LogP) is 1.51. The number of benzene rings is 1. The van der Waals surface area contributed by atoms with Crippen LogP contribution in [0.2, 0.25) is 5.02 Å². The van der Waals surface area contributed by atoms with Crippen LogP contribution < -0.4 is 11.1 Å². The van der Waals surface area contributed by atoms with E-state index in [-0.39, 0.29) is 23.6 Å². The monoisotopic (exact) mass is 326 g/mol. The van der Waals surface area contributed by atoms with Gasteiger partial charge in [0.05, 0.1) is 23.6 Å². The van der Waals surface area contributed by atoms with E-state index in [1.165, 1.54) is 6.07 Å². The summed E-state index contributed by atoms with van der Waals surface area (Å²) in [6.07, 6.45) is -0.0236. The number of hydrogen-bond acceptors (Lipinski definition) is 4. The topological polar surface area (TPSA) is 98.5 Å². The van der Waals surface area contributed by atoms with Gasteiger partial charge in [-0.05, 0) is 25.0 Å². The molecule has 6 nitrogen and oxygen atoms in total. The molecule has 0 aromatic heterocycles. The first-order valence-electron chi connectivity index (χ1n) is 6.87. The zero-order valence-electron chi connectivity index (χ0n) is 12.5. The summed E-state index contributed by atoms with van der Waals surface area (Å²) in [4.78, 5) is 35.2. The lowest BCUT2D eigenvalue weighted by atomic mass is 9.97. The van der Waals surface area contributed by atoms with Crippen molar-refractivity contribution >= 4 is 29.4 Å². The van der Waals surface area contributed by atoms with Gasteiger partial charge < -0.3 is 15.8 Å². The smallest absolute Gasteiger partial charge is 0.306 e. The minimum atomic E-state index is -0.992. The molecule has 0 radical (unpaired) electrons. The van der Waals surface area contributed by atoms with E-state index in [9.17, 15) is 14.4 Å². The summed E-state index contributed by atoms with van der Waals surface area (Å²) in [6.45, 7) is 3.57. The molecule has 0 spiro atoms. The van der Waals surface area contributed by atoms with Gasteiger partial charge in [-0.15, -0.1) is 0 Å². The molecule has 2 amide bonds. The first-order chi connectivity index (χ1) is 10.4. The van der Waals surface area contributed by atoms with Crippen molar-refractivity contribution in [3.8, 4) is 0 Å². The van der Waals surface area contributed by atoms with Crippen LogP contribution in [-0.2, 0) is 14.3 Å². The Bertz CT molecular complexity index is 562. The lowest BCUT2D eigenvalue weighted by Crippen LogP contribution is -2.49. The van der Waals surface area contributed by atoms with E-state index < -0.39 is 29.7 Å². The number of nitrogens with two attached hydrogens (primary N) is 1. The third kappa shape index (κ3) is 5.04. The maximum Gasteiger partial charge on any atom is 0.306 e. The average Bonchev–Trinajstić information content (AvgIpc) is 2.44. The molecule has 120 valence electrons. The minimum Gasteiger partial charge on any atom is -0.466 e. The number of carbonyl (C=O) groups is 3. The Balaban J connectivity index is 2.80. The quantitative estimate of drug-likeness (QED) is 0.742. The second-order valence-corrected chi connectivity index (χ2v) is 5.23. The fraction of sp³-hybridized carbons (Fsp3) is 0.400. The van der Waals surface area contributed by atoms with Gasteiger partial charge in [-0.1, -0.05) is 30.7 Å². The molecule has 0 saturated carbocycles. The highest BCUT2D eigenvalue weighted by Crippen LogP contribution is 2.16. The van der Waals surface area contributed by atoms with Gasteiger partial charge in [-0.2, -0.15) is 0 Å². The van der Waals surface area contributed by atoms with E-state index in [2.05, 4.69) is 5.32 Å². The Morgan fingerprint density at radius 2 is 1.95 bits per heavy atom. The summed E-state index contributed by atoms with van der Waals surface area (Å²) in [5, 5.41) is 2.78. The summed E-state index contributed by atoms with van der Waals surface area (Å²) in [5.41, 5.74) is 5.55. The SMILES string of the molecule is CCOC(=O)C[C@@H](C)[C@@H](NC(=O)c1ccccc1Cl)C(N)=O. The lowest BCUT2D eigenvalue weighted by Gasteiger charge is -2.22. The largest absolute Gasteiger partial charge is 0.466 e. The number of ether oxygens (including phenoxy) is 1. The maximum absolute atomic E-state index is 12.2. The highest BCUT2D eigenvalue weighted by atomic mass is 35.5. The first kappa shape index (κ1) is 18.0. The molecule has 0 unspecified atom stereocenters. The fourth-order valence-electron chi connectivity index (χ4n) is 1.96. The Morgan fingerprint density at radius 1 is 1.32 bits per heavy atom. The van der Waals surface area contributed by atoms with Crippen molar-refractivity contribution in [3.63, 3.8) is 0 Å². The standard InChI is InChI=1S/C15H19ClN2O4/c1-3-22-12(19)8-9(2)13(14(17)20)18-15(21)10-6-4-5-7-11(10)16/h4-7,9,13H,3,8H2,1-2H3,(H2,17,20)(H,18,21)/t9-,13-/m1/s1. The molecule has 0 heterocycles.